The minimum atomic E-state index is -0.798. The van der Waals surface area contributed by atoms with Gasteiger partial charge in [-0.1, -0.05) is 13.8 Å². The van der Waals surface area contributed by atoms with Crippen molar-refractivity contribution in [3.63, 3.8) is 0 Å². The molecule has 0 bridgehead atoms. The monoisotopic (exact) mass is 239 g/mol. The molecule has 0 aromatic carbocycles. The lowest BCUT2D eigenvalue weighted by Crippen LogP contribution is -2.62. The molecule has 0 aromatic heterocycles. The second-order valence-electron chi connectivity index (χ2n) is 6.66. The van der Waals surface area contributed by atoms with Crippen molar-refractivity contribution in [3.05, 3.63) is 0 Å². The molecule has 0 spiro atoms. The molecule has 1 saturated heterocycles. The zero-order valence-corrected chi connectivity index (χ0v) is 11.0. The van der Waals surface area contributed by atoms with Gasteiger partial charge in [-0.05, 0) is 43.6 Å². The van der Waals surface area contributed by atoms with E-state index >= 15 is 0 Å². The summed E-state index contributed by atoms with van der Waals surface area (Å²) < 4.78 is 0. The molecule has 1 saturated carbocycles. The van der Waals surface area contributed by atoms with E-state index in [1.54, 1.807) is 0 Å². The molecule has 4 N–H and O–H groups in total. The van der Waals surface area contributed by atoms with E-state index < -0.39 is 5.54 Å². The standard InChI is InChI=1S/C13H25N3O/c1-12(2)6-3-7-16(8-12)9-13(15,11(14)17)10-4-5-10/h10H,3-9,15H2,1-2H3,(H2,14,17). The van der Waals surface area contributed by atoms with Crippen LogP contribution >= 0.6 is 0 Å². The SMILES string of the molecule is CC1(C)CCCN(CC(N)(C(N)=O)C2CC2)C1. The second-order valence-corrected chi connectivity index (χ2v) is 6.66. The van der Waals surface area contributed by atoms with Crippen LogP contribution < -0.4 is 11.5 Å². The lowest BCUT2D eigenvalue weighted by Gasteiger charge is -2.41. The second kappa shape index (κ2) is 4.25. The summed E-state index contributed by atoms with van der Waals surface area (Å²) in [7, 11) is 0. The lowest BCUT2D eigenvalue weighted by atomic mass is 9.83. The van der Waals surface area contributed by atoms with E-state index in [1.165, 1.54) is 12.8 Å². The molecule has 4 nitrogen and oxygen atoms in total. The van der Waals surface area contributed by atoms with Crippen molar-refractivity contribution < 1.29 is 4.79 Å². The van der Waals surface area contributed by atoms with Gasteiger partial charge >= 0.3 is 0 Å². The fourth-order valence-electron chi connectivity index (χ4n) is 3.06. The molecule has 1 amide bonds. The normalized spacial score (nSPS) is 28.6. The number of primary amides is 1. The smallest absolute Gasteiger partial charge is 0.239 e. The van der Waals surface area contributed by atoms with Crippen LogP contribution in [0.3, 0.4) is 0 Å². The Balaban J connectivity index is 2.01. The third-order valence-corrected chi connectivity index (χ3v) is 4.23. The van der Waals surface area contributed by atoms with Crippen molar-refractivity contribution in [1.29, 1.82) is 0 Å². The third-order valence-electron chi connectivity index (χ3n) is 4.23. The quantitative estimate of drug-likeness (QED) is 0.758. The summed E-state index contributed by atoms with van der Waals surface area (Å²) in [5.41, 5.74) is 11.3. The molecule has 1 atom stereocenters. The largest absolute Gasteiger partial charge is 0.368 e. The highest BCUT2D eigenvalue weighted by Crippen LogP contribution is 2.39. The van der Waals surface area contributed by atoms with Crippen LogP contribution in [0.1, 0.15) is 39.5 Å². The predicted molar refractivity (Wildman–Crippen MR) is 68.3 cm³/mol. The molecule has 4 heteroatoms. The number of hydrogen-bond acceptors (Lipinski definition) is 3. The van der Waals surface area contributed by atoms with Crippen molar-refractivity contribution >= 4 is 5.91 Å². The van der Waals surface area contributed by atoms with Crippen LogP contribution in [-0.4, -0.2) is 36.0 Å². The average molecular weight is 239 g/mol. The first kappa shape index (κ1) is 12.8. The molecule has 0 aromatic rings. The van der Waals surface area contributed by atoms with Gasteiger partial charge < -0.3 is 16.4 Å². The maximum absolute atomic E-state index is 11.6. The first-order valence-electron chi connectivity index (χ1n) is 6.65. The molecular formula is C13H25N3O. The Morgan fingerprint density at radius 3 is 2.59 bits per heavy atom. The van der Waals surface area contributed by atoms with Crippen molar-refractivity contribution in [2.24, 2.45) is 22.8 Å². The number of nitrogens with two attached hydrogens (primary N) is 2. The number of piperidine rings is 1. The van der Waals surface area contributed by atoms with Crippen LogP contribution in [0.5, 0.6) is 0 Å². The maximum atomic E-state index is 11.6. The van der Waals surface area contributed by atoms with E-state index in [0.29, 0.717) is 17.9 Å². The molecule has 0 radical (unpaired) electrons. The minimum Gasteiger partial charge on any atom is -0.368 e. The molecule has 1 aliphatic carbocycles. The van der Waals surface area contributed by atoms with Crippen LogP contribution in [0.25, 0.3) is 0 Å². The molecule has 2 rings (SSSR count). The van der Waals surface area contributed by atoms with Gasteiger partial charge in [-0.2, -0.15) is 0 Å². The van der Waals surface area contributed by atoms with E-state index in [2.05, 4.69) is 18.7 Å². The van der Waals surface area contributed by atoms with Crippen LogP contribution in [0.15, 0.2) is 0 Å². The van der Waals surface area contributed by atoms with Crippen molar-refractivity contribution in [2.75, 3.05) is 19.6 Å². The molecule has 98 valence electrons. The lowest BCUT2D eigenvalue weighted by molar-refractivity contribution is -0.125. The molecular weight excluding hydrogens is 214 g/mol. The van der Waals surface area contributed by atoms with Crippen LogP contribution in [-0.2, 0) is 4.79 Å². The Bertz CT molecular complexity index is 312. The molecule has 2 fully saturated rings. The van der Waals surface area contributed by atoms with E-state index in [-0.39, 0.29) is 5.91 Å². The number of amides is 1. The van der Waals surface area contributed by atoms with Gasteiger partial charge in [-0.25, -0.2) is 0 Å². The Morgan fingerprint density at radius 1 is 1.47 bits per heavy atom. The van der Waals surface area contributed by atoms with Gasteiger partial charge in [0.05, 0.1) is 0 Å². The topological polar surface area (TPSA) is 72.3 Å². The third kappa shape index (κ3) is 2.80. The summed E-state index contributed by atoms with van der Waals surface area (Å²) in [4.78, 5) is 13.9. The summed E-state index contributed by atoms with van der Waals surface area (Å²) in [6, 6.07) is 0. The van der Waals surface area contributed by atoms with E-state index in [9.17, 15) is 4.79 Å². The average Bonchev–Trinajstić information content (AvgIpc) is 2.98. The number of rotatable bonds is 4. The van der Waals surface area contributed by atoms with Gasteiger partial charge in [0.15, 0.2) is 0 Å². The molecule has 1 aliphatic heterocycles. The zero-order chi connectivity index (χ0) is 12.7. The van der Waals surface area contributed by atoms with E-state index in [4.69, 9.17) is 11.5 Å². The van der Waals surface area contributed by atoms with Gasteiger partial charge in [-0.15, -0.1) is 0 Å². The highest BCUT2D eigenvalue weighted by Gasteiger charge is 2.48. The Morgan fingerprint density at radius 2 is 2.12 bits per heavy atom. The number of hydrogen-bond donors (Lipinski definition) is 2. The molecule has 17 heavy (non-hydrogen) atoms. The number of nitrogens with zero attached hydrogens (tertiary/aromatic N) is 1. The summed E-state index contributed by atoms with van der Waals surface area (Å²) >= 11 is 0. The first-order valence-corrected chi connectivity index (χ1v) is 6.65. The molecule has 1 unspecified atom stereocenters. The summed E-state index contributed by atoms with van der Waals surface area (Å²) in [6.07, 6.45) is 4.54. The van der Waals surface area contributed by atoms with Gasteiger partial charge in [0, 0.05) is 13.1 Å². The first-order chi connectivity index (χ1) is 7.83. The van der Waals surface area contributed by atoms with Crippen molar-refractivity contribution in [3.8, 4) is 0 Å². The predicted octanol–water partition coefficient (Wildman–Crippen LogP) is 0.701. The molecule has 1 heterocycles. The van der Waals surface area contributed by atoms with Gasteiger partial charge in [0.1, 0.15) is 5.54 Å². The van der Waals surface area contributed by atoms with E-state index in [1.807, 2.05) is 0 Å². The van der Waals surface area contributed by atoms with Gasteiger partial charge in [0.25, 0.3) is 0 Å². The van der Waals surface area contributed by atoms with Gasteiger partial charge in [-0.3, -0.25) is 4.79 Å². The summed E-state index contributed by atoms with van der Waals surface area (Å²) in [5.74, 6) is -0.0200. The highest BCUT2D eigenvalue weighted by molar-refractivity contribution is 5.85. The Labute approximate surface area is 104 Å². The maximum Gasteiger partial charge on any atom is 0.239 e. The summed E-state index contributed by atoms with van der Waals surface area (Å²) in [5, 5.41) is 0. The van der Waals surface area contributed by atoms with Crippen LogP contribution in [0, 0.1) is 11.3 Å². The number of carbonyl (C=O) groups is 1. The highest BCUT2D eigenvalue weighted by atomic mass is 16.1. The van der Waals surface area contributed by atoms with Crippen LogP contribution in [0.4, 0.5) is 0 Å². The number of carbonyl (C=O) groups excluding carboxylic acids is 1. The minimum absolute atomic E-state index is 0.310. The molecule has 2 aliphatic rings. The summed E-state index contributed by atoms with van der Waals surface area (Å²) in [6.45, 7) is 7.25. The van der Waals surface area contributed by atoms with Gasteiger partial charge in [0.2, 0.25) is 5.91 Å². The Hall–Kier alpha value is -0.610. The van der Waals surface area contributed by atoms with E-state index in [0.717, 1.165) is 25.9 Å². The zero-order valence-electron chi connectivity index (χ0n) is 11.0. The van der Waals surface area contributed by atoms with Crippen molar-refractivity contribution in [1.82, 2.24) is 4.90 Å². The van der Waals surface area contributed by atoms with Crippen molar-refractivity contribution in [2.45, 2.75) is 45.1 Å². The fraction of sp³-hybridized carbons (Fsp3) is 0.923. The Kier molecular flexibility index (Phi) is 3.21. The number of likely N-dealkylation sites (tertiary alicyclic amines) is 1. The van der Waals surface area contributed by atoms with Crippen LogP contribution in [0.2, 0.25) is 0 Å². The fourth-order valence-corrected chi connectivity index (χ4v) is 3.06.